The molecule has 0 unspecified atom stereocenters. The smallest absolute Gasteiger partial charge is 0.247 e. The maximum absolute atomic E-state index is 13.1. The maximum atomic E-state index is 13.1. The minimum Gasteiger partial charge on any atom is -0.324 e. The topological polar surface area (TPSA) is 66.5 Å². The Balaban J connectivity index is 1.40. The first-order valence-corrected chi connectivity index (χ1v) is 9.82. The van der Waals surface area contributed by atoms with Crippen molar-refractivity contribution >= 4 is 23.4 Å². The molecule has 0 spiro atoms. The molecule has 7 atom stereocenters. The zero-order valence-electron chi connectivity index (χ0n) is 15.8. The lowest BCUT2D eigenvalue weighted by Crippen LogP contribution is -2.46. The Morgan fingerprint density at radius 1 is 1.04 bits per heavy atom. The Labute approximate surface area is 158 Å². The number of anilines is 1. The molecule has 6 rings (SSSR count). The van der Waals surface area contributed by atoms with Crippen LogP contribution in [-0.4, -0.2) is 28.7 Å². The van der Waals surface area contributed by atoms with Crippen LogP contribution in [0.2, 0.25) is 0 Å². The van der Waals surface area contributed by atoms with Crippen molar-refractivity contribution in [3.8, 4) is 0 Å². The fourth-order valence-electron chi connectivity index (χ4n) is 5.72. The lowest BCUT2D eigenvalue weighted by molar-refractivity contribution is -0.146. The summed E-state index contributed by atoms with van der Waals surface area (Å²) in [5, 5.41) is 2.93. The number of imide groups is 1. The summed E-state index contributed by atoms with van der Waals surface area (Å²) in [7, 11) is 0. The standard InChI is InChI=1S/C22H24N2O3/c1-10-5-4-6-11(2)19(10)23-20(25)12(3)24-21(26)17-13-7-8-14(16-9-15(13)16)18(17)22(24)27/h4-8,12-18H,9H2,1-3H3,(H,23,25)/t12-,13+,14+,15-,16+,17-,18-/m0/s1. The molecule has 2 bridgehead atoms. The SMILES string of the molecule is Cc1cccc(C)c1NC(=O)[C@H](C)N1C(=O)[C@H]2[C@@H]3C=C[C@H]([C@@H]4C[C@H]34)[C@@H]2C1=O. The number of amides is 3. The van der Waals surface area contributed by atoms with Crippen molar-refractivity contribution in [2.75, 3.05) is 5.32 Å². The van der Waals surface area contributed by atoms with E-state index in [-0.39, 0.29) is 41.4 Å². The summed E-state index contributed by atoms with van der Waals surface area (Å²) in [6.45, 7) is 5.53. The summed E-state index contributed by atoms with van der Waals surface area (Å²) in [5.41, 5.74) is 2.69. The molecular weight excluding hydrogens is 340 g/mol. The van der Waals surface area contributed by atoms with Gasteiger partial charge in [-0.15, -0.1) is 0 Å². The van der Waals surface area contributed by atoms with Crippen LogP contribution < -0.4 is 5.32 Å². The number of carbonyl (C=O) groups excluding carboxylic acids is 3. The summed E-state index contributed by atoms with van der Waals surface area (Å²) in [5.74, 6) is 0.364. The van der Waals surface area contributed by atoms with Crippen LogP contribution in [0.4, 0.5) is 5.69 Å². The van der Waals surface area contributed by atoms with Crippen molar-refractivity contribution in [2.24, 2.45) is 35.5 Å². The Bertz CT molecular complexity index is 849. The third kappa shape index (κ3) is 2.20. The Morgan fingerprint density at radius 3 is 2.07 bits per heavy atom. The van der Waals surface area contributed by atoms with Gasteiger partial charge in [-0.05, 0) is 62.0 Å². The number of benzene rings is 1. The number of hydrogen-bond acceptors (Lipinski definition) is 3. The Hall–Kier alpha value is -2.43. The number of hydrogen-bond donors (Lipinski definition) is 1. The number of carbonyl (C=O) groups is 3. The molecule has 1 heterocycles. The Kier molecular flexibility index (Phi) is 3.43. The first-order chi connectivity index (χ1) is 12.9. The third-order valence-corrected chi connectivity index (χ3v) is 7.19. The van der Waals surface area contributed by atoms with Gasteiger partial charge < -0.3 is 5.32 Å². The van der Waals surface area contributed by atoms with Crippen LogP contribution in [-0.2, 0) is 14.4 Å². The van der Waals surface area contributed by atoms with E-state index >= 15 is 0 Å². The average molecular weight is 364 g/mol. The number of nitrogens with zero attached hydrogens (tertiary/aromatic N) is 1. The minimum atomic E-state index is -0.801. The number of rotatable bonds is 3. The largest absolute Gasteiger partial charge is 0.324 e. The molecule has 1 aliphatic heterocycles. The number of para-hydroxylation sites is 1. The first kappa shape index (κ1) is 16.7. The molecule has 1 N–H and O–H groups in total. The van der Waals surface area contributed by atoms with E-state index in [0.717, 1.165) is 23.2 Å². The van der Waals surface area contributed by atoms with Gasteiger partial charge in [0, 0.05) is 5.69 Å². The van der Waals surface area contributed by atoms with Gasteiger partial charge in [-0.1, -0.05) is 30.4 Å². The van der Waals surface area contributed by atoms with Crippen molar-refractivity contribution in [2.45, 2.75) is 33.2 Å². The molecule has 2 saturated carbocycles. The van der Waals surface area contributed by atoms with Gasteiger partial charge >= 0.3 is 0 Å². The fourth-order valence-corrected chi connectivity index (χ4v) is 5.72. The maximum Gasteiger partial charge on any atom is 0.247 e. The summed E-state index contributed by atoms with van der Waals surface area (Å²) < 4.78 is 0. The molecule has 1 aromatic carbocycles. The number of aryl methyl sites for hydroxylation is 2. The molecule has 27 heavy (non-hydrogen) atoms. The van der Waals surface area contributed by atoms with Gasteiger partial charge in [-0.2, -0.15) is 0 Å². The molecule has 3 amide bonds. The van der Waals surface area contributed by atoms with Gasteiger partial charge in [-0.25, -0.2) is 0 Å². The molecule has 4 aliphatic carbocycles. The average Bonchev–Trinajstić information content (AvgIpc) is 3.42. The van der Waals surface area contributed by atoms with E-state index in [1.54, 1.807) is 6.92 Å². The van der Waals surface area contributed by atoms with E-state index in [1.165, 1.54) is 4.90 Å². The van der Waals surface area contributed by atoms with Crippen LogP contribution in [0.25, 0.3) is 0 Å². The highest BCUT2D eigenvalue weighted by Crippen LogP contribution is 2.65. The van der Waals surface area contributed by atoms with Gasteiger partial charge in [0.15, 0.2) is 0 Å². The van der Waals surface area contributed by atoms with Gasteiger partial charge in [0.05, 0.1) is 11.8 Å². The highest BCUT2D eigenvalue weighted by Gasteiger charge is 2.67. The monoisotopic (exact) mass is 364 g/mol. The lowest BCUT2D eigenvalue weighted by Gasteiger charge is -2.37. The second-order valence-electron chi connectivity index (χ2n) is 8.63. The molecule has 140 valence electrons. The fraction of sp³-hybridized carbons (Fsp3) is 0.500. The van der Waals surface area contributed by atoms with Crippen molar-refractivity contribution in [3.05, 3.63) is 41.5 Å². The van der Waals surface area contributed by atoms with Crippen molar-refractivity contribution in [1.29, 1.82) is 0 Å². The summed E-state index contributed by atoms with van der Waals surface area (Å²) >= 11 is 0. The van der Waals surface area contributed by atoms with Crippen molar-refractivity contribution in [3.63, 3.8) is 0 Å². The first-order valence-electron chi connectivity index (χ1n) is 9.82. The summed E-state index contributed by atoms with van der Waals surface area (Å²) in [6.07, 6.45) is 5.44. The molecular formula is C22H24N2O3. The quantitative estimate of drug-likeness (QED) is 0.662. The molecule has 5 aliphatic rings. The second kappa shape index (κ2) is 5.54. The lowest BCUT2D eigenvalue weighted by atomic mass is 9.63. The highest BCUT2D eigenvalue weighted by atomic mass is 16.2. The molecule has 1 saturated heterocycles. The molecule has 1 aromatic rings. The van der Waals surface area contributed by atoms with Crippen LogP contribution in [0.5, 0.6) is 0 Å². The van der Waals surface area contributed by atoms with E-state index in [2.05, 4.69) is 17.5 Å². The normalized spacial score (nSPS) is 36.5. The van der Waals surface area contributed by atoms with E-state index in [4.69, 9.17) is 0 Å². The van der Waals surface area contributed by atoms with Gasteiger partial charge in [0.25, 0.3) is 0 Å². The van der Waals surface area contributed by atoms with Crippen LogP contribution >= 0.6 is 0 Å². The minimum absolute atomic E-state index is 0.154. The Morgan fingerprint density at radius 2 is 1.56 bits per heavy atom. The molecule has 0 aromatic heterocycles. The predicted octanol–water partition coefficient (Wildman–Crippen LogP) is 2.68. The summed E-state index contributed by atoms with van der Waals surface area (Å²) in [4.78, 5) is 40.4. The van der Waals surface area contributed by atoms with Crippen LogP contribution in [0.15, 0.2) is 30.4 Å². The molecule has 5 nitrogen and oxygen atoms in total. The zero-order chi connectivity index (χ0) is 19.0. The molecule has 5 heteroatoms. The van der Waals surface area contributed by atoms with Crippen LogP contribution in [0, 0.1) is 49.4 Å². The third-order valence-electron chi connectivity index (χ3n) is 7.19. The highest BCUT2D eigenvalue weighted by molar-refractivity contribution is 6.10. The zero-order valence-corrected chi connectivity index (χ0v) is 15.8. The van der Waals surface area contributed by atoms with Crippen molar-refractivity contribution < 1.29 is 14.4 Å². The number of allylic oxidation sites excluding steroid dienone is 2. The van der Waals surface area contributed by atoms with Crippen molar-refractivity contribution in [1.82, 2.24) is 4.90 Å². The van der Waals surface area contributed by atoms with Gasteiger partial charge in [-0.3, -0.25) is 19.3 Å². The molecule has 3 fully saturated rings. The van der Waals surface area contributed by atoms with Crippen LogP contribution in [0.3, 0.4) is 0 Å². The number of nitrogens with one attached hydrogen (secondary N) is 1. The molecule has 0 radical (unpaired) electrons. The predicted molar refractivity (Wildman–Crippen MR) is 101 cm³/mol. The summed E-state index contributed by atoms with van der Waals surface area (Å²) in [6, 6.07) is 5.01. The van der Waals surface area contributed by atoms with Gasteiger partial charge in [0.2, 0.25) is 17.7 Å². The van der Waals surface area contributed by atoms with E-state index < -0.39 is 6.04 Å². The van der Waals surface area contributed by atoms with Crippen LogP contribution in [0.1, 0.15) is 24.5 Å². The second-order valence-corrected chi connectivity index (χ2v) is 8.63. The van der Waals surface area contributed by atoms with E-state index in [1.807, 2.05) is 32.0 Å². The van der Waals surface area contributed by atoms with E-state index in [9.17, 15) is 14.4 Å². The van der Waals surface area contributed by atoms with Gasteiger partial charge in [0.1, 0.15) is 6.04 Å². The number of likely N-dealkylation sites (tertiary alicyclic amines) is 1. The van der Waals surface area contributed by atoms with E-state index in [0.29, 0.717) is 11.8 Å².